The molecule has 126 valence electrons. The van der Waals surface area contributed by atoms with Crippen LogP contribution in [0.25, 0.3) is 0 Å². The van der Waals surface area contributed by atoms with E-state index in [9.17, 15) is 4.79 Å². The van der Waals surface area contributed by atoms with Crippen LogP contribution in [0.4, 0.5) is 5.69 Å². The summed E-state index contributed by atoms with van der Waals surface area (Å²) in [6.07, 6.45) is 7.99. The van der Waals surface area contributed by atoms with Crippen molar-refractivity contribution in [3.8, 4) is 5.75 Å². The highest BCUT2D eigenvalue weighted by molar-refractivity contribution is 5.93. The Kier molecular flexibility index (Phi) is 4.19. The van der Waals surface area contributed by atoms with Gasteiger partial charge >= 0.3 is 0 Å². The average Bonchev–Trinajstić information content (AvgIpc) is 3.33. The molecule has 4 rings (SSSR count). The highest BCUT2D eigenvalue weighted by atomic mass is 16.5. The zero-order valence-electron chi connectivity index (χ0n) is 13.6. The molecule has 2 saturated carbocycles. The van der Waals surface area contributed by atoms with Gasteiger partial charge < -0.3 is 10.1 Å². The highest BCUT2D eigenvalue weighted by Gasteiger charge is 2.42. The Morgan fingerprint density at radius 2 is 2.29 bits per heavy atom. The second kappa shape index (κ2) is 6.63. The van der Waals surface area contributed by atoms with Gasteiger partial charge in [-0.2, -0.15) is 5.10 Å². The van der Waals surface area contributed by atoms with Crippen LogP contribution in [0.15, 0.2) is 36.9 Å². The maximum absolute atomic E-state index is 12.5. The van der Waals surface area contributed by atoms with Crippen molar-refractivity contribution in [3.63, 3.8) is 0 Å². The molecular formula is C18H22N4O2. The number of ether oxygens (including phenoxy) is 1. The molecule has 2 aliphatic carbocycles. The number of carbonyl (C=O) groups is 1. The van der Waals surface area contributed by atoms with Gasteiger partial charge in [-0.1, -0.05) is 12.5 Å². The third-order valence-electron chi connectivity index (χ3n) is 5.23. The highest BCUT2D eigenvalue weighted by Crippen LogP contribution is 2.48. The topological polar surface area (TPSA) is 69.0 Å². The Labute approximate surface area is 141 Å². The van der Waals surface area contributed by atoms with Crippen molar-refractivity contribution in [2.24, 2.45) is 17.8 Å². The summed E-state index contributed by atoms with van der Waals surface area (Å²) in [5.41, 5.74) is 0.807. The zero-order valence-corrected chi connectivity index (χ0v) is 13.6. The monoisotopic (exact) mass is 326 g/mol. The molecule has 1 aromatic heterocycles. The van der Waals surface area contributed by atoms with Crippen molar-refractivity contribution in [1.82, 2.24) is 14.8 Å². The largest absolute Gasteiger partial charge is 0.492 e. The summed E-state index contributed by atoms with van der Waals surface area (Å²) in [7, 11) is 0. The fourth-order valence-electron chi connectivity index (χ4n) is 4.07. The Balaban J connectivity index is 1.31. The van der Waals surface area contributed by atoms with E-state index in [4.69, 9.17) is 4.74 Å². The maximum Gasteiger partial charge on any atom is 0.227 e. The van der Waals surface area contributed by atoms with Gasteiger partial charge in [-0.15, -0.1) is 0 Å². The molecule has 3 atom stereocenters. The number of hydrogen-bond acceptors (Lipinski definition) is 4. The van der Waals surface area contributed by atoms with Gasteiger partial charge in [-0.05, 0) is 43.2 Å². The number of carbonyl (C=O) groups excluding carboxylic acids is 1. The van der Waals surface area contributed by atoms with Crippen LogP contribution in [0.3, 0.4) is 0 Å². The van der Waals surface area contributed by atoms with Crippen LogP contribution in [0.2, 0.25) is 0 Å². The molecule has 0 saturated heterocycles. The van der Waals surface area contributed by atoms with E-state index in [0.29, 0.717) is 19.1 Å². The van der Waals surface area contributed by atoms with Crippen LogP contribution >= 0.6 is 0 Å². The lowest BCUT2D eigenvalue weighted by Crippen LogP contribution is -2.27. The number of anilines is 1. The molecule has 1 aromatic carbocycles. The second-order valence-electron chi connectivity index (χ2n) is 6.81. The van der Waals surface area contributed by atoms with Crippen molar-refractivity contribution >= 4 is 11.6 Å². The summed E-state index contributed by atoms with van der Waals surface area (Å²) in [6.45, 7) is 1.15. The lowest BCUT2D eigenvalue weighted by atomic mass is 9.88. The molecule has 6 nitrogen and oxygen atoms in total. The number of rotatable bonds is 6. The van der Waals surface area contributed by atoms with Crippen LogP contribution in [-0.2, 0) is 11.3 Å². The molecule has 1 amide bonds. The first kappa shape index (κ1) is 15.2. The predicted octanol–water partition coefficient (Wildman–Crippen LogP) is 2.73. The van der Waals surface area contributed by atoms with Crippen molar-refractivity contribution in [1.29, 1.82) is 0 Å². The lowest BCUT2D eigenvalue weighted by Gasteiger charge is -2.21. The summed E-state index contributed by atoms with van der Waals surface area (Å²) >= 11 is 0. The Bertz CT molecular complexity index is 701. The van der Waals surface area contributed by atoms with E-state index < -0.39 is 0 Å². The summed E-state index contributed by atoms with van der Waals surface area (Å²) < 4.78 is 7.46. The summed E-state index contributed by atoms with van der Waals surface area (Å²) in [5, 5.41) is 7.10. The average molecular weight is 326 g/mol. The van der Waals surface area contributed by atoms with Gasteiger partial charge in [0, 0.05) is 17.7 Å². The summed E-state index contributed by atoms with van der Waals surface area (Å²) in [4.78, 5) is 16.4. The smallest absolute Gasteiger partial charge is 0.227 e. The van der Waals surface area contributed by atoms with Gasteiger partial charge in [-0.3, -0.25) is 4.79 Å². The first-order chi connectivity index (χ1) is 11.8. The van der Waals surface area contributed by atoms with E-state index in [0.717, 1.165) is 23.8 Å². The van der Waals surface area contributed by atoms with Gasteiger partial charge in [0.2, 0.25) is 5.91 Å². The van der Waals surface area contributed by atoms with Crippen molar-refractivity contribution < 1.29 is 9.53 Å². The van der Waals surface area contributed by atoms with Gasteiger partial charge in [0.05, 0.1) is 6.54 Å². The first-order valence-electron chi connectivity index (χ1n) is 8.64. The number of aromatic nitrogens is 3. The Morgan fingerprint density at radius 1 is 1.33 bits per heavy atom. The quantitative estimate of drug-likeness (QED) is 0.886. The molecule has 2 aromatic rings. The van der Waals surface area contributed by atoms with E-state index in [2.05, 4.69) is 15.4 Å². The lowest BCUT2D eigenvalue weighted by molar-refractivity contribution is -0.121. The number of nitrogens with zero attached hydrogens (tertiary/aromatic N) is 3. The fourth-order valence-corrected chi connectivity index (χ4v) is 4.07. The van der Waals surface area contributed by atoms with Crippen molar-refractivity contribution in [2.45, 2.75) is 32.2 Å². The molecule has 24 heavy (non-hydrogen) atoms. The van der Waals surface area contributed by atoms with E-state index in [-0.39, 0.29) is 11.8 Å². The molecule has 6 heteroatoms. The van der Waals surface area contributed by atoms with Gasteiger partial charge in [0.25, 0.3) is 0 Å². The standard InChI is InChI=1S/C18H22N4O2/c23-18(17-9-13-4-5-14(17)8-13)21-15-2-1-3-16(10-15)24-7-6-22-12-19-11-20-22/h1-3,10-14,17H,4-9H2,(H,21,23)/t13-,14-,17+/m0/s1. The Morgan fingerprint density at radius 3 is 3.04 bits per heavy atom. The van der Waals surface area contributed by atoms with E-state index in [1.165, 1.54) is 25.6 Å². The van der Waals surface area contributed by atoms with E-state index in [1.54, 1.807) is 11.0 Å². The third kappa shape index (κ3) is 3.27. The number of nitrogens with one attached hydrogen (secondary N) is 1. The van der Waals surface area contributed by atoms with Gasteiger partial charge in [-0.25, -0.2) is 9.67 Å². The number of fused-ring (bicyclic) bond motifs is 2. The predicted molar refractivity (Wildman–Crippen MR) is 89.5 cm³/mol. The number of benzene rings is 1. The molecule has 1 N–H and O–H groups in total. The second-order valence-corrected chi connectivity index (χ2v) is 6.81. The van der Waals surface area contributed by atoms with Gasteiger partial charge in [0.1, 0.15) is 25.0 Å². The maximum atomic E-state index is 12.5. The van der Waals surface area contributed by atoms with E-state index >= 15 is 0 Å². The third-order valence-corrected chi connectivity index (χ3v) is 5.23. The normalized spacial score (nSPS) is 24.9. The SMILES string of the molecule is O=C(Nc1cccc(OCCn2cncn2)c1)[C@@H]1C[C@H]2CC[C@H]1C2. The molecule has 1 heterocycles. The zero-order chi connectivity index (χ0) is 16.4. The molecule has 0 spiro atoms. The minimum atomic E-state index is 0.168. The minimum absolute atomic E-state index is 0.168. The van der Waals surface area contributed by atoms with Crippen LogP contribution in [0.1, 0.15) is 25.7 Å². The molecule has 0 aliphatic heterocycles. The molecule has 2 aliphatic rings. The van der Waals surface area contributed by atoms with Crippen LogP contribution in [-0.4, -0.2) is 27.3 Å². The first-order valence-corrected chi connectivity index (χ1v) is 8.64. The minimum Gasteiger partial charge on any atom is -0.492 e. The van der Waals surface area contributed by atoms with E-state index in [1.807, 2.05) is 24.3 Å². The van der Waals surface area contributed by atoms with Crippen molar-refractivity contribution in [3.05, 3.63) is 36.9 Å². The molecule has 2 fully saturated rings. The van der Waals surface area contributed by atoms with Crippen LogP contribution in [0.5, 0.6) is 5.75 Å². The Hall–Kier alpha value is -2.37. The number of hydrogen-bond donors (Lipinski definition) is 1. The van der Waals surface area contributed by atoms with Crippen molar-refractivity contribution in [2.75, 3.05) is 11.9 Å². The molecule has 2 bridgehead atoms. The van der Waals surface area contributed by atoms with Crippen LogP contribution in [0, 0.1) is 17.8 Å². The van der Waals surface area contributed by atoms with Crippen LogP contribution < -0.4 is 10.1 Å². The summed E-state index contributed by atoms with van der Waals surface area (Å²) in [6, 6.07) is 7.59. The summed E-state index contributed by atoms with van der Waals surface area (Å²) in [5.74, 6) is 2.48. The van der Waals surface area contributed by atoms with Gasteiger partial charge in [0.15, 0.2) is 0 Å². The number of amides is 1. The molecule has 0 radical (unpaired) electrons. The molecule has 0 unspecified atom stereocenters. The molecular weight excluding hydrogens is 304 g/mol. The fraction of sp³-hybridized carbons (Fsp3) is 0.500.